The number of quaternary nitrogens is 2. The first-order valence-electron chi connectivity index (χ1n) is 7.09. The lowest BCUT2D eigenvalue weighted by molar-refractivity contribution is -0.961. The van der Waals surface area contributed by atoms with E-state index in [9.17, 15) is 23.5 Å². The summed E-state index contributed by atoms with van der Waals surface area (Å²) in [6.07, 6.45) is -0.311. The third-order valence-corrected chi connectivity index (χ3v) is 3.71. The second-order valence-corrected chi connectivity index (χ2v) is 5.27. The first kappa shape index (κ1) is 16.3. The Labute approximate surface area is 126 Å². The van der Waals surface area contributed by atoms with Crippen molar-refractivity contribution >= 4 is 17.6 Å². The lowest BCUT2D eigenvalue weighted by Gasteiger charge is -2.30. The van der Waals surface area contributed by atoms with E-state index in [0.717, 1.165) is 30.1 Å². The molecule has 0 radical (unpaired) electrons. The highest BCUT2D eigenvalue weighted by atomic mass is 19.1. The average Bonchev–Trinajstić information content (AvgIpc) is 2.48. The van der Waals surface area contributed by atoms with E-state index >= 15 is 0 Å². The van der Waals surface area contributed by atoms with Crippen LogP contribution >= 0.6 is 0 Å². The molecule has 8 heteroatoms. The normalized spacial score (nSPS) is 17.0. The number of benzene rings is 1. The molecule has 1 atom stereocenters. The summed E-state index contributed by atoms with van der Waals surface area (Å²) in [6.45, 7) is 2.81. The van der Waals surface area contributed by atoms with Gasteiger partial charge in [0, 0.05) is 6.07 Å². The Bertz CT molecular complexity index is 562. The van der Waals surface area contributed by atoms with Gasteiger partial charge in [0.15, 0.2) is 0 Å². The van der Waals surface area contributed by atoms with Crippen LogP contribution in [0.15, 0.2) is 18.2 Å². The molecule has 1 aliphatic heterocycles. The van der Waals surface area contributed by atoms with Gasteiger partial charge in [-0.05, 0) is 12.1 Å². The Hall–Kier alpha value is -2.06. The van der Waals surface area contributed by atoms with Crippen LogP contribution in [0.1, 0.15) is 6.42 Å². The fourth-order valence-corrected chi connectivity index (χ4v) is 2.56. The smallest absolute Gasteiger partial charge is 0.230 e. The Morgan fingerprint density at radius 2 is 2.00 bits per heavy atom. The van der Waals surface area contributed by atoms with Crippen LogP contribution in [0.2, 0.25) is 0 Å². The van der Waals surface area contributed by atoms with E-state index in [-0.39, 0.29) is 12.1 Å². The number of hydrogen-bond donors (Lipinski definition) is 3. The maximum Gasteiger partial charge on any atom is 0.230 e. The molecular weight excluding hydrogens is 296 g/mol. The van der Waals surface area contributed by atoms with Crippen molar-refractivity contribution in [3.8, 4) is 0 Å². The van der Waals surface area contributed by atoms with Crippen molar-refractivity contribution in [2.75, 3.05) is 31.5 Å². The predicted molar refractivity (Wildman–Crippen MR) is 70.8 cm³/mol. The summed E-state index contributed by atoms with van der Waals surface area (Å²) in [5.41, 5.74) is -0.175. The molecule has 0 saturated carbocycles. The van der Waals surface area contributed by atoms with Gasteiger partial charge in [0.05, 0.1) is 18.1 Å². The Morgan fingerprint density at radius 3 is 2.59 bits per heavy atom. The molecule has 2 rings (SSSR count). The van der Waals surface area contributed by atoms with Gasteiger partial charge >= 0.3 is 0 Å². The van der Waals surface area contributed by atoms with E-state index < -0.39 is 29.6 Å². The maximum absolute atomic E-state index is 13.5. The zero-order chi connectivity index (χ0) is 16.1. The third-order valence-electron chi connectivity index (χ3n) is 3.71. The van der Waals surface area contributed by atoms with Gasteiger partial charge < -0.3 is 25.4 Å². The van der Waals surface area contributed by atoms with Gasteiger partial charge in [-0.3, -0.25) is 4.79 Å². The summed E-state index contributed by atoms with van der Waals surface area (Å²) in [6, 6.07) is 1.79. The first-order chi connectivity index (χ1) is 10.5. The zero-order valence-corrected chi connectivity index (χ0v) is 11.9. The van der Waals surface area contributed by atoms with E-state index in [2.05, 4.69) is 10.6 Å². The van der Waals surface area contributed by atoms with Crippen LogP contribution in [-0.2, 0) is 9.59 Å². The molecule has 120 valence electrons. The molecule has 1 aromatic rings. The monoisotopic (exact) mass is 314 g/mol. The molecule has 0 bridgehead atoms. The number of carboxylic acids is 1. The highest BCUT2D eigenvalue weighted by Crippen LogP contribution is 2.15. The predicted octanol–water partition coefficient (Wildman–Crippen LogP) is -3.13. The van der Waals surface area contributed by atoms with Crippen LogP contribution in [0.25, 0.3) is 0 Å². The number of carboxylic acid groups (broad SMARTS) is 1. The summed E-state index contributed by atoms with van der Waals surface area (Å²) in [4.78, 5) is 24.0. The van der Waals surface area contributed by atoms with E-state index in [1.807, 2.05) is 0 Å². The number of hydrogen-bond acceptors (Lipinski definition) is 3. The largest absolute Gasteiger partial charge is 0.544 e. The van der Waals surface area contributed by atoms with Crippen molar-refractivity contribution in [3.63, 3.8) is 0 Å². The van der Waals surface area contributed by atoms with Gasteiger partial charge in [-0.15, -0.1) is 0 Å². The number of amides is 1. The fraction of sp³-hybridized carbons (Fsp3) is 0.429. The quantitative estimate of drug-likeness (QED) is 0.537. The van der Waals surface area contributed by atoms with Crippen molar-refractivity contribution in [3.05, 3.63) is 29.8 Å². The Kier molecular flexibility index (Phi) is 5.40. The summed E-state index contributed by atoms with van der Waals surface area (Å²) in [5, 5.41) is 15.6. The van der Waals surface area contributed by atoms with Crippen LogP contribution in [0.3, 0.4) is 0 Å². The first-order valence-corrected chi connectivity index (χ1v) is 7.09. The van der Waals surface area contributed by atoms with Gasteiger partial charge in [-0.2, -0.15) is 0 Å². The van der Waals surface area contributed by atoms with Gasteiger partial charge in [-0.1, -0.05) is 0 Å². The minimum Gasteiger partial charge on any atom is -0.544 e. The van der Waals surface area contributed by atoms with Crippen LogP contribution in [0, 0.1) is 11.6 Å². The highest BCUT2D eigenvalue weighted by Gasteiger charge is 2.29. The third kappa shape index (κ3) is 4.22. The van der Waals surface area contributed by atoms with Gasteiger partial charge in [0.25, 0.3) is 0 Å². The number of nitrogens with one attached hydrogen (secondary N) is 2. The van der Waals surface area contributed by atoms with Crippen LogP contribution in [0.5, 0.6) is 0 Å². The second-order valence-electron chi connectivity index (χ2n) is 5.27. The topological polar surface area (TPSA) is 90.3 Å². The minimum atomic E-state index is -1.30. The van der Waals surface area contributed by atoms with Crippen LogP contribution in [-0.4, -0.2) is 44.1 Å². The summed E-state index contributed by atoms with van der Waals surface area (Å²) < 4.78 is 26.3. The number of aliphatic carboxylic acids is 1. The fourth-order valence-electron chi connectivity index (χ4n) is 2.56. The van der Waals surface area contributed by atoms with E-state index in [1.165, 1.54) is 0 Å². The van der Waals surface area contributed by atoms with Crippen molar-refractivity contribution in [1.29, 1.82) is 0 Å². The minimum absolute atomic E-state index is 0.175. The number of piperazine rings is 1. The number of rotatable bonds is 5. The van der Waals surface area contributed by atoms with Gasteiger partial charge in [-0.25, -0.2) is 8.78 Å². The second kappa shape index (κ2) is 7.28. The Morgan fingerprint density at radius 1 is 1.32 bits per heavy atom. The standard InChI is InChI=1S/C14H17F2N3O3/c15-9-1-2-11(10(16)7-9)18-13(20)8-12(14(21)22)19-5-3-17-4-6-19/h1-2,7,12,17H,3-6,8H2,(H,18,20)(H,21,22)/p+1/t12-/m0/s1. The van der Waals surface area contributed by atoms with E-state index in [4.69, 9.17) is 0 Å². The van der Waals surface area contributed by atoms with Crippen molar-refractivity contribution in [1.82, 2.24) is 0 Å². The van der Waals surface area contributed by atoms with E-state index in [0.29, 0.717) is 19.2 Å². The van der Waals surface area contributed by atoms with Gasteiger partial charge in [0.1, 0.15) is 43.9 Å². The molecule has 1 fully saturated rings. The van der Waals surface area contributed by atoms with Crippen molar-refractivity contribution < 1.29 is 33.7 Å². The molecule has 6 nitrogen and oxygen atoms in total. The molecule has 22 heavy (non-hydrogen) atoms. The molecule has 1 amide bonds. The molecule has 1 aliphatic rings. The molecule has 1 aromatic carbocycles. The summed E-state index contributed by atoms with van der Waals surface area (Å²) in [5.74, 6) is -3.59. The SMILES string of the molecule is O=C(C[C@@H](C(=O)[O-])[NH+]1CC[NH2+]CC1)Nc1ccc(F)cc1F. The lowest BCUT2D eigenvalue weighted by Crippen LogP contribution is -3.24. The summed E-state index contributed by atoms with van der Waals surface area (Å²) >= 11 is 0. The Balaban J connectivity index is 2.00. The number of halogens is 2. The van der Waals surface area contributed by atoms with Gasteiger partial charge in [0.2, 0.25) is 5.91 Å². The number of nitrogens with two attached hydrogens (primary N) is 1. The summed E-state index contributed by atoms with van der Waals surface area (Å²) in [7, 11) is 0. The molecule has 0 aliphatic carbocycles. The van der Waals surface area contributed by atoms with Crippen LogP contribution in [0.4, 0.5) is 14.5 Å². The molecule has 1 heterocycles. The lowest BCUT2D eigenvalue weighted by atomic mass is 10.1. The number of anilines is 1. The molecular formula is C14H18F2N3O3+. The molecule has 0 unspecified atom stereocenters. The van der Waals surface area contributed by atoms with Crippen molar-refractivity contribution in [2.24, 2.45) is 0 Å². The van der Waals surface area contributed by atoms with E-state index in [1.54, 1.807) is 0 Å². The van der Waals surface area contributed by atoms with Crippen LogP contribution < -0.4 is 20.6 Å². The molecule has 1 saturated heterocycles. The number of carbonyl (C=O) groups excluding carboxylic acids is 2. The molecule has 0 spiro atoms. The van der Waals surface area contributed by atoms with Crippen molar-refractivity contribution in [2.45, 2.75) is 12.5 Å². The number of carbonyl (C=O) groups is 2. The zero-order valence-electron chi connectivity index (χ0n) is 11.9. The highest BCUT2D eigenvalue weighted by molar-refractivity contribution is 5.93. The molecule has 4 N–H and O–H groups in total. The average molecular weight is 314 g/mol. The molecule has 0 aromatic heterocycles. The maximum atomic E-state index is 13.5.